The van der Waals surface area contributed by atoms with Crippen molar-refractivity contribution in [3.63, 3.8) is 0 Å². The standard InChI is InChI=1S/C15H15NO2/c17-15(18)9-4-10-16-11-13-7-3-6-12-5-1-2-8-14(12)13/h1-9,16H,10-11H2,(H,17,18)/b9-4+. The van der Waals surface area contributed by atoms with E-state index in [4.69, 9.17) is 5.11 Å². The molecular weight excluding hydrogens is 226 g/mol. The van der Waals surface area contributed by atoms with Gasteiger partial charge in [-0.2, -0.15) is 0 Å². The molecule has 0 radical (unpaired) electrons. The van der Waals surface area contributed by atoms with Crippen LogP contribution in [-0.2, 0) is 11.3 Å². The predicted octanol–water partition coefficient (Wildman–Crippen LogP) is 2.57. The molecule has 2 N–H and O–H groups in total. The highest BCUT2D eigenvalue weighted by molar-refractivity contribution is 5.85. The summed E-state index contributed by atoms with van der Waals surface area (Å²) in [5.74, 6) is -0.915. The van der Waals surface area contributed by atoms with Crippen molar-refractivity contribution in [1.29, 1.82) is 0 Å². The van der Waals surface area contributed by atoms with Crippen LogP contribution in [-0.4, -0.2) is 17.6 Å². The minimum atomic E-state index is -0.915. The molecule has 0 atom stereocenters. The van der Waals surface area contributed by atoms with Gasteiger partial charge in [-0.3, -0.25) is 0 Å². The predicted molar refractivity (Wildman–Crippen MR) is 72.4 cm³/mol. The van der Waals surface area contributed by atoms with E-state index in [-0.39, 0.29) is 0 Å². The number of nitrogens with one attached hydrogen (secondary N) is 1. The molecule has 0 bridgehead atoms. The molecule has 0 fully saturated rings. The number of aliphatic carboxylic acids is 1. The summed E-state index contributed by atoms with van der Waals surface area (Å²) in [6, 6.07) is 14.4. The van der Waals surface area contributed by atoms with E-state index in [2.05, 4.69) is 29.6 Å². The first-order valence-corrected chi connectivity index (χ1v) is 5.84. The Hall–Kier alpha value is -2.13. The third kappa shape index (κ3) is 3.18. The first kappa shape index (κ1) is 12.3. The van der Waals surface area contributed by atoms with Crippen molar-refractivity contribution in [2.75, 3.05) is 6.54 Å². The zero-order valence-electron chi connectivity index (χ0n) is 9.97. The Balaban J connectivity index is 2.01. The highest BCUT2D eigenvalue weighted by Gasteiger charge is 1.98. The Morgan fingerprint density at radius 1 is 1.17 bits per heavy atom. The van der Waals surface area contributed by atoms with E-state index in [1.165, 1.54) is 16.3 Å². The Morgan fingerprint density at radius 3 is 2.78 bits per heavy atom. The van der Waals surface area contributed by atoms with E-state index in [0.29, 0.717) is 6.54 Å². The Morgan fingerprint density at radius 2 is 1.94 bits per heavy atom. The fourth-order valence-corrected chi connectivity index (χ4v) is 1.90. The summed E-state index contributed by atoms with van der Waals surface area (Å²) in [5, 5.41) is 14.1. The number of carboxylic acids is 1. The Bertz CT molecular complexity index is 570. The quantitative estimate of drug-likeness (QED) is 0.625. The summed E-state index contributed by atoms with van der Waals surface area (Å²) in [6.45, 7) is 1.28. The maximum Gasteiger partial charge on any atom is 0.328 e. The lowest BCUT2D eigenvalue weighted by Crippen LogP contribution is -2.13. The summed E-state index contributed by atoms with van der Waals surface area (Å²) in [4.78, 5) is 10.3. The lowest BCUT2D eigenvalue weighted by molar-refractivity contribution is -0.131. The van der Waals surface area contributed by atoms with Crippen LogP contribution < -0.4 is 5.32 Å². The molecule has 3 nitrogen and oxygen atoms in total. The van der Waals surface area contributed by atoms with Crippen LogP contribution in [0.15, 0.2) is 54.6 Å². The molecule has 0 saturated carbocycles. The van der Waals surface area contributed by atoms with E-state index in [1.54, 1.807) is 6.08 Å². The van der Waals surface area contributed by atoms with E-state index in [9.17, 15) is 4.79 Å². The summed E-state index contributed by atoms with van der Waals surface area (Å²) in [7, 11) is 0. The van der Waals surface area contributed by atoms with Crippen LogP contribution in [0.3, 0.4) is 0 Å². The molecule has 0 saturated heterocycles. The summed E-state index contributed by atoms with van der Waals surface area (Å²) >= 11 is 0. The molecule has 3 heteroatoms. The number of benzene rings is 2. The van der Waals surface area contributed by atoms with Crippen LogP contribution in [0, 0.1) is 0 Å². The largest absolute Gasteiger partial charge is 0.478 e. The minimum Gasteiger partial charge on any atom is -0.478 e. The fraction of sp³-hybridized carbons (Fsp3) is 0.133. The van der Waals surface area contributed by atoms with Gasteiger partial charge in [0.2, 0.25) is 0 Å². The van der Waals surface area contributed by atoms with Crippen molar-refractivity contribution < 1.29 is 9.90 Å². The number of fused-ring (bicyclic) bond motifs is 1. The van der Waals surface area contributed by atoms with Gasteiger partial charge in [0, 0.05) is 19.2 Å². The molecular formula is C15H15NO2. The van der Waals surface area contributed by atoms with E-state index in [0.717, 1.165) is 12.6 Å². The number of rotatable bonds is 5. The second kappa shape index (κ2) is 5.98. The molecule has 0 heterocycles. The lowest BCUT2D eigenvalue weighted by atomic mass is 10.0. The van der Waals surface area contributed by atoms with Gasteiger partial charge in [0.05, 0.1) is 0 Å². The van der Waals surface area contributed by atoms with Crippen LogP contribution in [0.4, 0.5) is 0 Å². The van der Waals surface area contributed by atoms with Gasteiger partial charge >= 0.3 is 5.97 Å². The molecule has 0 spiro atoms. The third-order valence-electron chi connectivity index (χ3n) is 2.72. The first-order valence-electron chi connectivity index (χ1n) is 5.84. The first-order chi connectivity index (χ1) is 8.77. The van der Waals surface area contributed by atoms with Gasteiger partial charge in [0.25, 0.3) is 0 Å². The second-order valence-corrected chi connectivity index (χ2v) is 4.01. The normalized spacial score (nSPS) is 11.1. The molecule has 0 aliphatic heterocycles. The molecule has 18 heavy (non-hydrogen) atoms. The zero-order chi connectivity index (χ0) is 12.8. The SMILES string of the molecule is O=C(O)/C=C/CNCc1cccc2ccccc12. The molecule has 0 aliphatic carbocycles. The molecule has 2 aromatic rings. The maximum absolute atomic E-state index is 10.3. The van der Waals surface area contributed by atoms with Gasteiger partial charge in [-0.05, 0) is 16.3 Å². The monoisotopic (exact) mass is 241 g/mol. The number of hydrogen-bond donors (Lipinski definition) is 2. The van der Waals surface area contributed by atoms with Crippen LogP contribution >= 0.6 is 0 Å². The molecule has 0 aliphatic rings. The molecule has 0 aromatic heterocycles. The van der Waals surface area contributed by atoms with Crippen molar-refractivity contribution >= 4 is 16.7 Å². The van der Waals surface area contributed by atoms with Crippen molar-refractivity contribution in [1.82, 2.24) is 5.32 Å². The molecule has 2 aromatic carbocycles. The van der Waals surface area contributed by atoms with E-state index in [1.807, 2.05) is 18.2 Å². The third-order valence-corrected chi connectivity index (χ3v) is 2.72. The van der Waals surface area contributed by atoms with Gasteiger partial charge in [0.1, 0.15) is 0 Å². The van der Waals surface area contributed by atoms with E-state index < -0.39 is 5.97 Å². The summed E-state index contributed by atoms with van der Waals surface area (Å²) in [6.07, 6.45) is 2.75. The second-order valence-electron chi connectivity index (χ2n) is 4.01. The number of carbonyl (C=O) groups is 1. The number of carboxylic acid groups (broad SMARTS) is 1. The highest BCUT2D eigenvalue weighted by Crippen LogP contribution is 2.17. The fourth-order valence-electron chi connectivity index (χ4n) is 1.90. The average Bonchev–Trinajstić information content (AvgIpc) is 2.38. The van der Waals surface area contributed by atoms with Crippen molar-refractivity contribution in [3.8, 4) is 0 Å². The summed E-state index contributed by atoms with van der Waals surface area (Å²) in [5.41, 5.74) is 1.22. The highest BCUT2D eigenvalue weighted by atomic mass is 16.4. The smallest absolute Gasteiger partial charge is 0.328 e. The van der Waals surface area contributed by atoms with Crippen LogP contribution in [0.25, 0.3) is 10.8 Å². The van der Waals surface area contributed by atoms with Gasteiger partial charge in [-0.25, -0.2) is 4.79 Å². The molecule has 0 amide bonds. The minimum absolute atomic E-state index is 0.551. The lowest BCUT2D eigenvalue weighted by Gasteiger charge is -2.06. The van der Waals surface area contributed by atoms with Crippen LogP contribution in [0.5, 0.6) is 0 Å². The van der Waals surface area contributed by atoms with Crippen LogP contribution in [0.2, 0.25) is 0 Å². The van der Waals surface area contributed by atoms with Gasteiger partial charge in [0.15, 0.2) is 0 Å². The molecule has 92 valence electrons. The topological polar surface area (TPSA) is 49.3 Å². The van der Waals surface area contributed by atoms with Crippen molar-refractivity contribution in [3.05, 3.63) is 60.2 Å². The average molecular weight is 241 g/mol. The maximum atomic E-state index is 10.3. The molecule has 2 rings (SSSR count). The summed E-state index contributed by atoms with van der Waals surface area (Å²) < 4.78 is 0. The number of hydrogen-bond acceptors (Lipinski definition) is 2. The van der Waals surface area contributed by atoms with Gasteiger partial charge < -0.3 is 10.4 Å². The van der Waals surface area contributed by atoms with Crippen molar-refractivity contribution in [2.24, 2.45) is 0 Å². The van der Waals surface area contributed by atoms with Crippen LogP contribution in [0.1, 0.15) is 5.56 Å². The van der Waals surface area contributed by atoms with Gasteiger partial charge in [-0.1, -0.05) is 48.5 Å². The van der Waals surface area contributed by atoms with Crippen molar-refractivity contribution in [2.45, 2.75) is 6.54 Å². The van der Waals surface area contributed by atoms with Gasteiger partial charge in [-0.15, -0.1) is 0 Å². The van der Waals surface area contributed by atoms with E-state index >= 15 is 0 Å². The Kier molecular flexibility index (Phi) is 4.10. The zero-order valence-corrected chi connectivity index (χ0v) is 9.97. The molecule has 0 unspecified atom stereocenters. The Labute approximate surface area is 106 Å².